The van der Waals surface area contributed by atoms with Crippen molar-refractivity contribution in [2.24, 2.45) is 7.05 Å². The van der Waals surface area contributed by atoms with Crippen molar-refractivity contribution in [1.82, 2.24) is 9.13 Å². The van der Waals surface area contributed by atoms with Crippen LogP contribution in [-0.2, 0) is 13.6 Å². The van der Waals surface area contributed by atoms with E-state index in [1.54, 1.807) is 40.5 Å². The lowest BCUT2D eigenvalue weighted by molar-refractivity contribution is 0.0970. The largest absolute Gasteiger partial charge is 0.497 e. The molecule has 24 heavy (non-hydrogen) atoms. The minimum Gasteiger partial charge on any atom is -0.497 e. The van der Waals surface area contributed by atoms with Gasteiger partial charge in [-0.15, -0.1) is 0 Å². The molecule has 0 saturated heterocycles. The molecule has 122 valence electrons. The number of benzene rings is 2. The lowest BCUT2D eigenvalue weighted by atomic mass is 10.1. The average Bonchev–Trinajstić information content (AvgIpc) is 2.91. The van der Waals surface area contributed by atoms with Crippen LogP contribution in [0.3, 0.4) is 0 Å². The van der Waals surface area contributed by atoms with Crippen LogP contribution in [0.25, 0.3) is 11.3 Å². The number of nitrogens with zero attached hydrogens (tertiary/aromatic N) is 2. The third kappa shape index (κ3) is 3.01. The summed E-state index contributed by atoms with van der Waals surface area (Å²) in [6, 6.07) is 16.9. The fourth-order valence-electron chi connectivity index (χ4n) is 2.64. The summed E-state index contributed by atoms with van der Waals surface area (Å²) < 4.78 is 8.59. The van der Waals surface area contributed by atoms with E-state index in [2.05, 4.69) is 0 Å². The molecule has 3 aromatic rings. The molecule has 1 aromatic heterocycles. The summed E-state index contributed by atoms with van der Waals surface area (Å²) in [7, 11) is 3.40. The average molecular weight is 321 g/mol. The van der Waals surface area contributed by atoms with Gasteiger partial charge in [0, 0.05) is 18.8 Å². The molecule has 0 unspecified atom stereocenters. The van der Waals surface area contributed by atoms with Crippen LogP contribution in [-0.4, -0.2) is 22.0 Å². The van der Waals surface area contributed by atoms with Crippen molar-refractivity contribution >= 4 is 5.78 Å². The monoisotopic (exact) mass is 321 g/mol. The first kappa shape index (κ1) is 15.8. The Morgan fingerprint density at radius 3 is 2.58 bits per heavy atom. The van der Waals surface area contributed by atoms with Crippen molar-refractivity contribution in [3.8, 4) is 17.0 Å². The first-order valence-electron chi connectivity index (χ1n) is 7.63. The maximum absolute atomic E-state index is 12.5. The SMILES string of the molecule is COc1cccc(C(=O)Cn2cc(-c3ccccc3)n(C)c2=N)c1. The van der Waals surface area contributed by atoms with Crippen molar-refractivity contribution in [2.75, 3.05) is 7.11 Å². The van der Waals surface area contributed by atoms with Crippen molar-refractivity contribution in [3.05, 3.63) is 72.0 Å². The zero-order valence-corrected chi connectivity index (χ0v) is 13.7. The number of imidazole rings is 1. The highest BCUT2D eigenvalue weighted by Crippen LogP contribution is 2.17. The van der Waals surface area contributed by atoms with Crippen molar-refractivity contribution in [2.45, 2.75) is 6.54 Å². The minimum absolute atomic E-state index is 0.0578. The summed E-state index contributed by atoms with van der Waals surface area (Å²) in [5, 5.41) is 8.25. The molecule has 0 amide bonds. The zero-order valence-electron chi connectivity index (χ0n) is 13.7. The van der Waals surface area contributed by atoms with Crippen LogP contribution in [0.5, 0.6) is 5.75 Å². The third-order valence-corrected chi connectivity index (χ3v) is 4.00. The van der Waals surface area contributed by atoms with E-state index in [9.17, 15) is 4.79 Å². The van der Waals surface area contributed by atoms with Crippen LogP contribution < -0.4 is 10.4 Å². The van der Waals surface area contributed by atoms with Gasteiger partial charge in [-0.05, 0) is 17.7 Å². The van der Waals surface area contributed by atoms with Gasteiger partial charge in [-0.2, -0.15) is 0 Å². The van der Waals surface area contributed by atoms with Gasteiger partial charge >= 0.3 is 0 Å². The number of methoxy groups -OCH3 is 1. The molecule has 0 aliphatic heterocycles. The van der Waals surface area contributed by atoms with E-state index in [-0.39, 0.29) is 17.9 Å². The molecule has 0 spiro atoms. The van der Waals surface area contributed by atoms with Crippen molar-refractivity contribution < 1.29 is 9.53 Å². The number of hydrogen-bond acceptors (Lipinski definition) is 3. The molecule has 1 heterocycles. The van der Waals surface area contributed by atoms with E-state index in [0.29, 0.717) is 11.3 Å². The summed E-state index contributed by atoms with van der Waals surface area (Å²) in [5.41, 5.74) is 2.77. The molecule has 0 fully saturated rings. The number of carbonyl (C=O) groups is 1. The molecule has 2 aromatic carbocycles. The van der Waals surface area contributed by atoms with E-state index in [0.717, 1.165) is 11.3 Å². The predicted molar refractivity (Wildman–Crippen MR) is 92.0 cm³/mol. The molecule has 5 heteroatoms. The number of nitrogens with one attached hydrogen (secondary N) is 1. The third-order valence-electron chi connectivity index (χ3n) is 4.00. The van der Waals surface area contributed by atoms with Crippen molar-refractivity contribution in [1.29, 1.82) is 5.41 Å². The molecule has 5 nitrogen and oxygen atoms in total. The Morgan fingerprint density at radius 1 is 1.12 bits per heavy atom. The smallest absolute Gasteiger partial charge is 0.202 e. The predicted octanol–water partition coefficient (Wildman–Crippen LogP) is 2.86. The number of ketones is 1. The van der Waals surface area contributed by atoms with E-state index < -0.39 is 0 Å². The van der Waals surface area contributed by atoms with E-state index >= 15 is 0 Å². The molecular weight excluding hydrogens is 302 g/mol. The Labute approximate surface area is 140 Å². The second kappa shape index (κ2) is 6.58. The minimum atomic E-state index is -0.0578. The zero-order chi connectivity index (χ0) is 17.1. The number of rotatable bonds is 5. The lowest BCUT2D eigenvalue weighted by Gasteiger charge is -2.04. The number of carbonyl (C=O) groups excluding carboxylic acids is 1. The van der Waals surface area contributed by atoms with Gasteiger partial charge in [-0.1, -0.05) is 42.5 Å². The van der Waals surface area contributed by atoms with Gasteiger partial charge in [-0.25, -0.2) is 0 Å². The Balaban J connectivity index is 1.91. The highest BCUT2D eigenvalue weighted by Gasteiger charge is 2.12. The first-order valence-corrected chi connectivity index (χ1v) is 7.63. The summed E-state index contributed by atoms with van der Waals surface area (Å²) in [5.74, 6) is 0.590. The highest BCUT2D eigenvalue weighted by molar-refractivity contribution is 5.96. The van der Waals surface area contributed by atoms with Gasteiger partial charge in [0.2, 0.25) is 5.62 Å². The first-order chi connectivity index (χ1) is 11.6. The van der Waals surface area contributed by atoms with Crippen LogP contribution in [0.4, 0.5) is 0 Å². The molecule has 3 rings (SSSR count). The summed E-state index contributed by atoms with van der Waals surface area (Å²) in [6.07, 6.45) is 1.84. The van der Waals surface area contributed by atoms with Crippen LogP contribution in [0.15, 0.2) is 60.8 Å². The van der Waals surface area contributed by atoms with Crippen LogP contribution in [0.2, 0.25) is 0 Å². The Hall–Kier alpha value is -3.08. The Bertz CT molecular complexity index is 923. The fourth-order valence-corrected chi connectivity index (χ4v) is 2.64. The van der Waals surface area contributed by atoms with Gasteiger partial charge in [0.15, 0.2) is 5.78 Å². The Morgan fingerprint density at radius 2 is 1.88 bits per heavy atom. The number of aromatic nitrogens is 2. The van der Waals surface area contributed by atoms with E-state index in [1.165, 1.54) is 0 Å². The molecule has 0 aliphatic carbocycles. The van der Waals surface area contributed by atoms with Gasteiger partial charge in [0.1, 0.15) is 5.75 Å². The molecule has 1 N–H and O–H groups in total. The van der Waals surface area contributed by atoms with Crippen LogP contribution in [0.1, 0.15) is 10.4 Å². The molecule has 0 saturated carbocycles. The second-order valence-electron chi connectivity index (χ2n) is 5.55. The van der Waals surface area contributed by atoms with E-state index in [4.69, 9.17) is 10.1 Å². The van der Waals surface area contributed by atoms with E-state index in [1.807, 2.05) is 43.6 Å². The lowest BCUT2D eigenvalue weighted by Crippen LogP contribution is -2.25. The summed E-state index contributed by atoms with van der Waals surface area (Å²) >= 11 is 0. The second-order valence-corrected chi connectivity index (χ2v) is 5.55. The molecule has 0 aliphatic rings. The summed E-state index contributed by atoms with van der Waals surface area (Å²) in [6.45, 7) is 0.118. The molecule has 0 atom stereocenters. The van der Waals surface area contributed by atoms with Crippen LogP contribution >= 0.6 is 0 Å². The maximum atomic E-state index is 12.5. The quantitative estimate of drug-likeness (QED) is 0.735. The highest BCUT2D eigenvalue weighted by atomic mass is 16.5. The molecule has 0 bridgehead atoms. The maximum Gasteiger partial charge on any atom is 0.202 e. The topological polar surface area (TPSA) is 60.0 Å². The van der Waals surface area contributed by atoms with Gasteiger partial charge < -0.3 is 13.9 Å². The number of ether oxygens (including phenoxy) is 1. The van der Waals surface area contributed by atoms with Gasteiger partial charge in [0.05, 0.1) is 19.3 Å². The van der Waals surface area contributed by atoms with Gasteiger partial charge in [0.25, 0.3) is 0 Å². The standard InChI is InChI=1S/C19H19N3O2/c1-21-17(14-7-4-3-5-8-14)12-22(19(21)20)13-18(23)15-9-6-10-16(11-15)24-2/h3-12,20H,13H2,1-2H3. The van der Waals surface area contributed by atoms with Gasteiger partial charge in [-0.3, -0.25) is 10.2 Å². The number of Topliss-reactive ketones (excluding diaryl/α,β-unsaturated/α-hetero) is 1. The molecular formula is C19H19N3O2. The van der Waals surface area contributed by atoms with Crippen molar-refractivity contribution in [3.63, 3.8) is 0 Å². The summed E-state index contributed by atoms with van der Waals surface area (Å²) in [4.78, 5) is 12.5. The fraction of sp³-hybridized carbons (Fsp3) is 0.158. The molecule has 0 radical (unpaired) electrons. The number of hydrogen-bond donors (Lipinski definition) is 1. The normalized spacial score (nSPS) is 10.6. The Kier molecular flexibility index (Phi) is 4.33. The van der Waals surface area contributed by atoms with Crippen LogP contribution in [0, 0.1) is 5.41 Å².